The lowest BCUT2D eigenvalue weighted by Crippen LogP contribution is -2.30. The third-order valence-electron chi connectivity index (χ3n) is 5.85. The van der Waals surface area contributed by atoms with Crippen LogP contribution in [-0.2, 0) is 4.79 Å². The van der Waals surface area contributed by atoms with Gasteiger partial charge in [-0.25, -0.2) is 9.97 Å². The number of ether oxygens (including phenoxy) is 1. The minimum atomic E-state index is -0.568. The highest BCUT2D eigenvalue weighted by Crippen LogP contribution is 2.37. The summed E-state index contributed by atoms with van der Waals surface area (Å²) in [6, 6.07) is 7.59. The normalized spacial score (nSPS) is 19.1. The van der Waals surface area contributed by atoms with Crippen molar-refractivity contribution in [3.05, 3.63) is 48.0 Å². The minimum absolute atomic E-state index is 0.0745. The molecule has 2 unspecified atom stereocenters. The van der Waals surface area contributed by atoms with Crippen molar-refractivity contribution in [3.8, 4) is 17.0 Å². The zero-order chi connectivity index (χ0) is 21.0. The number of carbonyl (C=O) groups is 1. The van der Waals surface area contributed by atoms with Gasteiger partial charge in [0.2, 0.25) is 5.91 Å². The molecule has 1 saturated heterocycles. The molecule has 1 amide bonds. The number of aliphatic hydroxyl groups excluding tert-OH is 1. The van der Waals surface area contributed by atoms with Gasteiger partial charge in [0.25, 0.3) is 0 Å². The predicted octanol–water partition coefficient (Wildman–Crippen LogP) is 2.85. The Bertz CT molecular complexity index is 1270. The van der Waals surface area contributed by atoms with Gasteiger partial charge < -0.3 is 19.7 Å². The van der Waals surface area contributed by atoms with Crippen LogP contribution in [0.4, 0.5) is 0 Å². The number of nitrogens with zero attached hydrogens (tertiary/aromatic N) is 4. The molecule has 1 fully saturated rings. The Morgan fingerprint density at radius 1 is 1.30 bits per heavy atom. The van der Waals surface area contributed by atoms with E-state index in [2.05, 4.69) is 9.97 Å². The Hall–Kier alpha value is -3.39. The van der Waals surface area contributed by atoms with Gasteiger partial charge in [-0.1, -0.05) is 0 Å². The predicted molar refractivity (Wildman–Crippen MR) is 112 cm³/mol. The summed E-state index contributed by atoms with van der Waals surface area (Å²) in [5, 5.41) is 10.3. The summed E-state index contributed by atoms with van der Waals surface area (Å²) >= 11 is 0. The van der Waals surface area contributed by atoms with Crippen molar-refractivity contribution < 1.29 is 14.6 Å². The Balaban J connectivity index is 1.78. The Morgan fingerprint density at radius 3 is 2.87 bits per heavy atom. The van der Waals surface area contributed by atoms with E-state index in [4.69, 9.17) is 9.72 Å². The third kappa shape index (κ3) is 2.75. The van der Waals surface area contributed by atoms with E-state index in [0.29, 0.717) is 13.0 Å². The topological polar surface area (TPSA) is 95.8 Å². The molecule has 0 spiro atoms. The summed E-state index contributed by atoms with van der Waals surface area (Å²) in [4.78, 5) is 26.6. The number of fused-ring (bicyclic) bond motifs is 3. The molecule has 5 rings (SSSR count). The molecule has 0 saturated carbocycles. The van der Waals surface area contributed by atoms with Crippen molar-refractivity contribution >= 4 is 22.6 Å². The minimum Gasteiger partial charge on any atom is -0.496 e. The van der Waals surface area contributed by atoms with E-state index in [0.717, 1.165) is 45.1 Å². The number of imidazole rings is 1. The molecular weight excluding hydrogens is 382 g/mol. The first kappa shape index (κ1) is 18.6. The van der Waals surface area contributed by atoms with Crippen molar-refractivity contribution in [2.24, 2.45) is 0 Å². The lowest BCUT2D eigenvalue weighted by Gasteiger charge is -2.22. The van der Waals surface area contributed by atoms with Crippen LogP contribution in [0.5, 0.6) is 5.75 Å². The van der Waals surface area contributed by atoms with Crippen LogP contribution < -0.4 is 4.74 Å². The Morgan fingerprint density at radius 2 is 2.13 bits per heavy atom. The van der Waals surface area contributed by atoms with Gasteiger partial charge in [0, 0.05) is 31.6 Å². The number of aromatic amines is 1. The van der Waals surface area contributed by atoms with Crippen LogP contribution >= 0.6 is 0 Å². The standard InChI is InChI=1S/C22H23N5O3/c1-12-8-14(4-5-19(12)30-3)20-18-10-24-21-16(6-7-23-21)27(18)22(25-20)17-9-15(29)11-26(17)13(2)28/h4-8,10,15,17,23,29H,9,11H2,1-3H3. The summed E-state index contributed by atoms with van der Waals surface area (Å²) in [6.45, 7) is 3.84. The van der Waals surface area contributed by atoms with Crippen molar-refractivity contribution in [2.45, 2.75) is 32.4 Å². The monoisotopic (exact) mass is 405 g/mol. The maximum atomic E-state index is 12.3. The number of carbonyl (C=O) groups excluding carboxylic acids is 1. The number of β-amino-alcohol motifs (C(OH)–C–C–N with tert-alkyl or cyclic N) is 1. The second kappa shape index (κ2) is 6.84. The van der Waals surface area contributed by atoms with E-state index in [1.54, 1.807) is 18.2 Å². The molecular formula is C22H23N5O3. The van der Waals surface area contributed by atoms with Crippen LogP contribution in [0, 0.1) is 6.92 Å². The highest BCUT2D eigenvalue weighted by Gasteiger charge is 2.37. The fourth-order valence-corrected chi connectivity index (χ4v) is 4.45. The SMILES string of the molecule is COc1ccc(-c2nc(C3CC(O)CN3C(C)=O)n3c2cnc2[nH]ccc23)cc1C. The fourth-order valence-electron chi connectivity index (χ4n) is 4.45. The van der Waals surface area contributed by atoms with Crippen LogP contribution in [0.25, 0.3) is 27.9 Å². The number of hydrogen-bond donors (Lipinski definition) is 2. The lowest BCUT2D eigenvalue weighted by atomic mass is 10.1. The third-order valence-corrected chi connectivity index (χ3v) is 5.85. The molecule has 1 aliphatic rings. The number of H-pyrrole nitrogens is 1. The zero-order valence-corrected chi connectivity index (χ0v) is 17.1. The number of methoxy groups -OCH3 is 1. The van der Waals surface area contributed by atoms with Gasteiger partial charge in [-0.15, -0.1) is 0 Å². The number of benzene rings is 1. The molecule has 8 nitrogen and oxygen atoms in total. The van der Waals surface area contributed by atoms with E-state index in [9.17, 15) is 9.90 Å². The second-order valence-corrected chi connectivity index (χ2v) is 7.77. The van der Waals surface area contributed by atoms with Crippen molar-refractivity contribution in [2.75, 3.05) is 13.7 Å². The quantitative estimate of drug-likeness (QED) is 0.546. The molecule has 2 N–H and O–H groups in total. The Kier molecular flexibility index (Phi) is 4.25. The number of nitrogens with one attached hydrogen (secondary N) is 1. The van der Waals surface area contributed by atoms with Crippen LogP contribution in [0.2, 0.25) is 0 Å². The van der Waals surface area contributed by atoms with Crippen molar-refractivity contribution in [1.29, 1.82) is 0 Å². The van der Waals surface area contributed by atoms with Crippen LogP contribution in [0.1, 0.15) is 30.8 Å². The number of aromatic nitrogens is 4. The maximum Gasteiger partial charge on any atom is 0.220 e. The maximum absolute atomic E-state index is 12.3. The summed E-state index contributed by atoms with van der Waals surface area (Å²) in [6.07, 6.45) is 3.52. The molecule has 0 bridgehead atoms. The van der Waals surface area contributed by atoms with Gasteiger partial charge in [0.15, 0.2) is 5.65 Å². The fraction of sp³-hybridized carbons (Fsp3) is 0.318. The molecule has 4 aromatic rings. The number of rotatable bonds is 3. The van der Waals surface area contributed by atoms with E-state index in [1.807, 2.05) is 41.8 Å². The van der Waals surface area contributed by atoms with Crippen LogP contribution in [0.3, 0.4) is 0 Å². The van der Waals surface area contributed by atoms with E-state index >= 15 is 0 Å². The summed E-state index contributed by atoms with van der Waals surface area (Å²) < 4.78 is 7.44. The Labute approximate surface area is 173 Å². The molecule has 1 aliphatic heterocycles. The average molecular weight is 405 g/mol. The van der Waals surface area contributed by atoms with Crippen LogP contribution in [-0.4, -0.2) is 55.0 Å². The lowest BCUT2D eigenvalue weighted by molar-refractivity contribution is -0.130. The number of aliphatic hydroxyl groups is 1. The number of amides is 1. The number of aryl methyl sites for hydroxylation is 1. The molecule has 0 radical (unpaired) electrons. The highest BCUT2D eigenvalue weighted by atomic mass is 16.5. The van der Waals surface area contributed by atoms with Gasteiger partial charge in [0.05, 0.1) is 42.2 Å². The van der Waals surface area contributed by atoms with Gasteiger partial charge >= 0.3 is 0 Å². The van der Waals surface area contributed by atoms with Crippen LogP contribution in [0.15, 0.2) is 36.7 Å². The van der Waals surface area contributed by atoms with E-state index in [1.165, 1.54) is 6.92 Å². The molecule has 8 heteroatoms. The first-order valence-corrected chi connectivity index (χ1v) is 9.92. The zero-order valence-electron chi connectivity index (χ0n) is 17.1. The summed E-state index contributed by atoms with van der Waals surface area (Å²) in [7, 11) is 1.65. The molecule has 154 valence electrons. The summed E-state index contributed by atoms with van der Waals surface area (Å²) in [5.74, 6) is 1.47. The molecule has 4 heterocycles. The van der Waals surface area contributed by atoms with Crippen molar-refractivity contribution in [1.82, 2.24) is 24.3 Å². The first-order chi connectivity index (χ1) is 14.5. The first-order valence-electron chi connectivity index (χ1n) is 9.92. The van der Waals surface area contributed by atoms with Gasteiger partial charge in [-0.2, -0.15) is 0 Å². The average Bonchev–Trinajstić information content (AvgIpc) is 3.43. The molecule has 30 heavy (non-hydrogen) atoms. The molecule has 0 aliphatic carbocycles. The van der Waals surface area contributed by atoms with E-state index < -0.39 is 6.10 Å². The van der Waals surface area contributed by atoms with E-state index in [-0.39, 0.29) is 11.9 Å². The molecule has 3 aromatic heterocycles. The summed E-state index contributed by atoms with van der Waals surface area (Å²) in [5.41, 5.74) is 5.22. The number of hydrogen-bond acceptors (Lipinski definition) is 5. The number of likely N-dealkylation sites (tertiary alicyclic amines) is 1. The molecule has 1 aromatic carbocycles. The van der Waals surface area contributed by atoms with Gasteiger partial charge in [-0.05, 0) is 36.8 Å². The second-order valence-electron chi connectivity index (χ2n) is 7.77. The van der Waals surface area contributed by atoms with Gasteiger partial charge in [0.1, 0.15) is 11.6 Å². The van der Waals surface area contributed by atoms with Gasteiger partial charge in [-0.3, -0.25) is 9.20 Å². The molecule has 2 atom stereocenters. The highest BCUT2D eigenvalue weighted by molar-refractivity contribution is 5.85. The largest absolute Gasteiger partial charge is 0.496 e. The van der Waals surface area contributed by atoms with Crippen molar-refractivity contribution in [3.63, 3.8) is 0 Å². The smallest absolute Gasteiger partial charge is 0.220 e.